The Morgan fingerprint density at radius 1 is 0.600 bits per heavy atom. The Morgan fingerprint density at radius 2 is 1.31 bits per heavy atom. The van der Waals surface area contributed by atoms with Crippen LogP contribution in [0.25, 0.3) is 22.3 Å². The van der Waals surface area contributed by atoms with Crippen LogP contribution in [0.3, 0.4) is 0 Å². The van der Waals surface area contributed by atoms with Crippen LogP contribution in [0.15, 0.2) is 109 Å². The van der Waals surface area contributed by atoms with Gasteiger partial charge < -0.3 is 4.90 Å². The Labute approximate surface area is 269 Å². The van der Waals surface area contributed by atoms with Crippen molar-refractivity contribution in [3.63, 3.8) is 0 Å². The summed E-state index contributed by atoms with van der Waals surface area (Å²) in [7, 11) is 0. The first-order chi connectivity index (χ1) is 22.0. The van der Waals surface area contributed by atoms with Crippen molar-refractivity contribution in [2.75, 3.05) is 4.90 Å². The fourth-order valence-electron chi connectivity index (χ4n) is 9.64. The van der Waals surface area contributed by atoms with Crippen LogP contribution in [0.2, 0.25) is 0 Å². The number of hydrogen-bond acceptors (Lipinski definition) is 1. The molecule has 4 aliphatic rings. The number of aryl methyl sites for hydroxylation is 1. The highest BCUT2D eigenvalue weighted by Gasteiger charge is 2.40. The molecule has 2 fully saturated rings. The van der Waals surface area contributed by atoms with Gasteiger partial charge in [0.05, 0.1) is 0 Å². The monoisotopic (exact) mass is 585 g/mol. The van der Waals surface area contributed by atoms with Crippen LogP contribution in [0.5, 0.6) is 0 Å². The summed E-state index contributed by atoms with van der Waals surface area (Å²) in [5, 5.41) is 0. The minimum atomic E-state index is -0.0322. The normalized spacial score (nSPS) is 22.1. The molecule has 0 saturated heterocycles. The highest BCUT2D eigenvalue weighted by molar-refractivity contribution is 5.86. The lowest BCUT2D eigenvalue weighted by Crippen LogP contribution is -2.16. The summed E-state index contributed by atoms with van der Waals surface area (Å²) in [5.74, 6) is 2.61. The third kappa shape index (κ3) is 4.42. The molecule has 1 heteroatoms. The predicted octanol–water partition coefficient (Wildman–Crippen LogP) is 11.9. The fraction of sp³-hybridized carbons (Fsp3) is 0.318. The third-order valence-electron chi connectivity index (χ3n) is 12.0. The molecule has 0 aliphatic heterocycles. The van der Waals surface area contributed by atoms with Gasteiger partial charge in [-0.05, 0) is 149 Å². The molecule has 2 bridgehead atoms. The maximum absolute atomic E-state index is 2.48. The van der Waals surface area contributed by atoms with Gasteiger partial charge in [-0.15, -0.1) is 0 Å². The van der Waals surface area contributed by atoms with Gasteiger partial charge in [0.2, 0.25) is 0 Å². The highest BCUT2D eigenvalue weighted by atomic mass is 15.1. The van der Waals surface area contributed by atoms with E-state index in [0.717, 1.165) is 17.8 Å². The van der Waals surface area contributed by atoms with Crippen molar-refractivity contribution in [2.24, 2.45) is 11.8 Å². The van der Waals surface area contributed by atoms with Crippen molar-refractivity contribution in [1.29, 1.82) is 0 Å². The van der Waals surface area contributed by atoms with E-state index in [1.807, 2.05) is 0 Å². The molecule has 1 nitrogen and oxygen atoms in total. The summed E-state index contributed by atoms with van der Waals surface area (Å²) in [6.07, 6.45) is 10.7. The summed E-state index contributed by atoms with van der Waals surface area (Å²) in [6.45, 7) is 4.76. The molecule has 0 aromatic heterocycles. The Bertz CT molecular complexity index is 1890. The number of nitrogens with zero attached hydrogens (tertiary/aromatic N) is 1. The molecule has 0 N–H and O–H groups in total. The van der Waals surface area contributed by atoms with Crippen LogP contribution >= 0.6 is 0 Å². The number of anilines is 3. The summed E-state index contributed by atoms with van der Waals surface area (Å²) >= 11 is 0. The average Bonchev–Trinajstić information content (AvgIpc) is 3.79. The molecule has 0 spiro atoms. The number of fused-ring (bicyclic) bond motifs is 6. The lowest BCUT2D eigenvalue weighted by molar-refractivity contribution is 0.420. The van der Waals surface area contributed by atoms with Gasteiger partial charge >= 0.3 is 0 Å². The van der Waals surface area contributed by atoms with Crippen LogP contribution in [0.4, 0.5) is 17.1 Å². The zero-order chi connectivity index (χ0) is 30.1. The van der Waals surface area contributed by atoms with Crippen LogP contribution in [0.1, 0.15) is 86.1 Å². The first-order valence-electron chi connectivity index (χ1n) is 17.4. The molecule has 3 unspecified atom stereocenters. The Kier molecular flexibility index (Phi) is 6.34. The standard InChI is InChI=1S/C44H43N/c1-44(2)42-13-6-5-11-39(42)40-25-24-36(28-43(40)44)45(35-22-18-32(19-23-35)41-27-29-14-15-33(41)26-29)34-20-16-31(17-21-34)38-12-7-9-30-8-3-4-10-37(30)38/h5-7,9,11-13,16-25,28-29,33,41H,3-4,8,10,14-15,26-27H2,1-2H3. The van der Waals surface area contributed by atoms with Crippen LogP contribution in [-0.4, -0.2) is 0 Å². The van der Waals surface area contributed by atoms with E-state index in [9.17, 15) is 0 Å². The van der Waals surface area contributed by atoms with Crippen molar-refractivity contribution < 1.29 is 0 Å². The van der Waals surface area contributed by atoms with Gasteiger partial charge in [-0.2, -0.15) is 0 Å². The van der Waals surface area contributed by atoms with E-state index in [0.29, 0.717) is 0 Å². The van der Waals surface area contributed by atoms with Crippen LogP contribution < -0.4 is 4.90 Å². The van der Waals surface area contributed by atoms with Crippen molar-refractivity contribution in [1.82, 2.24) is 0 Å². The summed E-state index contributed by atoms with van der Waals surface area (Å²) in [6, 6.07) is 42.0. The van der Waals surface area contributed by atoms with Crippen LogP contribution in [-0.2, 0) is 18.3 Å². The third-order valence-corrected chi connectivity index (χ3v) is 12.0. The molecule has 4 aliphatic carbocycles. The molecular formula is C44H43N. The van der Waals surface area contributed by atoms with Gasteiger partial charge in [0.15, 0.2) is 0 Å². The lowest BCUT2D eigenvalue weighted by Gasteiger charge is -2.29. The second kappa shape index (κ2) is 10.5. The first-order valence-corrected chi connectivity index (χ1v) is 17.4. The fourth-order valence-corrected chi connectivity index (χ4v) is 9.64. The smallest absolute Gasteiger partial charge is 0.0465 e. The maximum Gasteiger partial charge on any atom is 0.0465 e. The van der Waals surface area contributed by atoms with Crippen molar-refractivity contribution in [3.05, 3.63) is 137 Å². The van der Waals surface area contributed by atoms with Gasteiger partial charge in [0.25, 0.3) is 0 Å². The summed E-state index contributed by atoms with van der Waals surface area (Å²) in [4.78, 5) is 2.48. The largest absolute Gasteiger partial charge is 0.310 e. The van der Waals surface area contributed by atoms with Gasteiger partial charge in [0, 0.05) is 22.5 Å². The maximum atomic E-state index is 2.48. The molecule has 3 atom stereocenters. The molecule has 5 aromatic carbocycles. The number of hydrogen-bond donors (Lipinski definition) is 0. The molecule has 5 aromatic rings. The predicted molar refractivity (Wildman–Crippen MR) is 189 cm³/mol. The molecule has 9 rings (SSSR count). The molecule has 0 amide bonds. The SMILES string of the molecule is CC1(C)c2ccccc2-c2ccc(N(c3ccc(-c4cccc5c4CCCC5)cc3)c3ccc(C4CC5CCC4C5)cc3)cc21. The molecule has 224 valence electrons. The van der Waals surface area contributed by atoms with Gasteiger partial charge in [-0.3, -0.25) is 0 Å². The van der Waals surface area contributed by atoms with Gasteiger partial charge in [-0.1, -0.05) is 93.1 Å². The van der Waals surface area contributed by atoms with Gasteiger partial charge in [-0.25, -0.2) is 0 Å². The average molecular weight is 586 g/mol. The highest BCUT2D eigenvalue weighted by Crippen LogP contribution is 2.54. The number of rotatable bonds is 5. The minimum absolute atomic E-state index is 0.0322. The van der Waals surface area contributed by atoms with Crippen molar-refractivity contribution in [3.8, 4) is 22.3 Å². The molecule has 45 heavy (non-hydrogen) atoms. The minimum Gasteiger partial charge on any atom is -0.310 e. The summed E-state index contributed by atoms with van der Waals surface area (Å²) in [5.41, 5.74) is 16.6. The first kappa shape index (κ1) is 27.2. The van der Waals surface area contributed by atoms with E-state index in [1.54, 1.807) is 16.7 Å². The van der Waals surface area contributed by atoms with Gasteiger partial charge in [0.1, 0.15) is 0 Å². The second-order valence-electron chi connectivity index (χ2n) is 14.8. The zero-order valence-corrected chi connectivity index (χ0v) is 26.7. The molecule has 0 heterocycles. The van der Waals surface area contributed by atoms with E-state index in [4.69, 9.17) is 0 Å². The van der Waals surface area contributed by atoms with Crippen molar-refractivity contribution >= 4 is 17.1 Å². The Morgan fingerprint density at radius 3 is 2.09 bits per heavy atom. The molecule has 2 saturated carbocycles. The summed E-state index contributed by atoms with van der Waals surface area (Å²) < 4.78 is 0. The molecule has 0 radical (unpaired) electrons. The second-order valence-corrected chi connectivity index (χ2v) is 14.8. The van der Waals surface area contributed by atoms with E-state index in [2.05, 4.69) is 128 Å². The van der Waals surface area contributed by atoms with E-state index < -0.39 is 0 Å². The quantitative estimate of drug-likeness (QED) is 0.198. The van der Waals surface area contributed by atoms with E-state index in [-0.39, 0.29) is 5.41 Å². The lowest BCUT2D eigenvalue weighted by atomic mass is 9.82. The van der Waals surface area contributed by atoms with E-state index in [1.165, 1.54) is 102 Å². The molecular weight excluding hydrogens is 542 g/mol. The van der Waals surface area contributed by atoms with Crippen LogP contribution in [0, 0.1) is 11.8 Å². The Hall–Kier alpha value is -4.10. The Balaban J connectivity index is 1.12. The topological polar surface area (TPSA) is 3.24 Å². The number of benzene rings is 5. The zero-order valence-electron chi connectivity index (χ0n) is 26.7. The van der Waals surface area contributed by atoms with E-state index >= 15 is 0 Å². The van der Waals surface area contributed by atoms with Crippen molar-refractivity contribution in [2.45, 2.75) is 76.5 Å².